The van der Waals surface area contributed by atoms with Crippen molar-refractivity contribution in [1.82, 2.24) is 9.78 Å². The van der Waals surface area contributed by atoms with Gasteiger partial charge in [-0.05, 0) is 46.7 Å². The van der Waals surface area contributed by atoms with Crippen LogP contribution in [0.2, 0.25) is 0 Å². The van der Waals surface area contributed by atoms with Crippen LogP contribution < -0.4 is 9.62 Å². The average molecular weight is 497 g/mol. The van der Waals surface area contributed by atoms with Gasteiger partial charge >= 0.3 is 0 Å². The van der Waals surface area contributed by atoms with Crippen molar-refractivity contribution in [2.24, 2.45) is 0 Å². The first kappa shape index (κ1) is 23.3. The van der Waals surface area contributed by atoms with E-state index in [1.807, 2.05) is 30.3 Å². The summed E-state index contributed by atoms with van der Waals surface area (Å²) in [5.41, 5.74) is 1.84. The number of hydrogen-bond donors (Lipinski definition) is 1. The van der Waals surface area contributed by atoms with E-state index in [1.54, 1.807) is 53.3 Å². The van der Waals surface area contributed by atoms with Gasteiger partial charge in [0.25, 0.3) is 15.9 Å². The lowest BCUT2D eigenvalue weighted by atomic mass is 10.0. The molecule has 5 rings (SSSR count). The summed E-state index contributed by atoms with van der Waals surface area (Å²) in [7, 11) is -2.35. The fraction of sp³-hybridized carbons (Fsp3) is 0.0714. The van der Waals surface area contributed by atoms with E-state index in [-0.39, 0.29) is 10.5 Å². The van der Waals surface area contributed by atoms with Gasteiger partial charge in [-0.3, -0.25) is 9.10 Å². The minimum absolute atomic E-state index is 0.0331. The lowest BCUT2D eigenvalue weighted by Crippen LogP contribution is -2.26. The molecule has 1 N–H and O–H groups in total. The Kier molecular flexibility index (Phi) is 6.26. The molecule has 0 fully saturated rings. The summed E-state index contributed by atoms with van der Waals surface area (Å²) in [5, 5.41) is 9.50. The van der Waals surface area contributed by atoms with Gasteiger partial charge in [0.2, 0.25) is 0 Å². The fourth-order valence-corrected chi connectivity index (χ4v) is 5.32. The van der Waals surface area contributed by atoms with Crippen molar-refractivity contribution in [2.75, 3.05) is 16.7 Å². The Bertz CT molecular complexity index is 1640. The number of carbonyl (C=O) groups excluding carboxylic acids is 1. The molecule has 1 heterocycles. The summed E-state index contributed by atoms with van der Waals surface area (Å²) in [5.74, 6) is 0.0941. The number of amides is 1. The molecule has 8 heteroatoms. The summed E-state index contributed by atoms with van der Waals surface area (Å²) in [6, 6.07) is 30.7. The maximum absolute atomic E-state index is 13.2. The van der Waals surface area contributed by atoms with E-state index < -0.39 is 15.9 Å². The third kappa shape index (κ3) is 4.58. The number of para-hydroxylation sites is 1. The number of sulfonamides is 1. The molecule has 0 saturated carbocycles. The van der Waals surface area contributed by atoms with Gasteiger partial charge in [-0.1, -0.05) is 66.7 Å². The van der Waals surface area contributed by atoms with E-state index in [0.717, 1.165) is 16.3 Å². The molecule has 0 spiro atoms. The summed E-state index contributed by atoms with van der Waals surface area (Å²) >= 11 is 0. The van der Waals surface area contributed by atoms with Crippen molar-refractivity contribution in [2.45, 2.75) is 11.4 Å². The Hall–Kier alpha value is -4.43. The van der Waals surface area contributed by atoms with E-state index in [1.165, 1.54) is 23.5 Å². The Morgan fingerprint density at radius 3 is 2.44 bits per heavy atom. The molecule has 0 bridgehead atoms. The molecule has 0 unspecified atom stereocenters. The average Bonchev–Trinajstić information content (AvgIpc) is 3.35. The van der Waals surface area contributed by atoms with Crippen LogP contribution in [-0.4, -0.2) is 31.2 Å². The minimum Gasteiger partial charge on any atom is -0.307 e. The molecular weight excluding hydrogens is 472 g/mol. The number of hydrogen-bond acceptors (Lipinski definition) is 4. The third-order valence-electron chi connectivity index (χ3n) is 6.03. The molecule has 1 aromatic heterocycles. The Balaban J connectivity index is 1.37. The van der Waals surface area contributed by atoms with Crippen molar-refractivity contribution in [3.8, 4) is 0 Å². The highest BCUT2D eigenvalue weighted by Crippen LogP contribution is 2.24. The fourth-order valence-electron chi connectivity index (χ4n) is 4.08. The summed E-state index contributed by atoms with van der Waals surface area (Å²) in [4.78, 5) is 13.1. The molecule has 0 radical (unpaired) electrons. The second-order valence-corrected chi connectivity index (χ2v) is 10.3. The summed E-state index contributed by atoms with van der Waals surface area (Å²) in [6.07, 6.45) is 1.62. The lowest BCUT2D eigenvalue weighted by Gasteiger charge is -2.19. The monoisotopic (exact) mass is 496 g/mol. The summed E-state index contributed by atoms with van der Waals surface area (Å²) in [6.45, 7) is 0.472. The number of fused-ring (bicyclic) bond motifs is 1. The van der Waals surface area contributed by atoms with Gasteiger partial charge in [0, 0.05) is 18.7 Å². The topological polar surface area (TPSA) is 84.3 Å². The maximum Gasteiger partial charge on any atom is 0.264 e. The molecule has 0 saturated heterocycles. The van der Waals surface area contributed by atoms with Crippen LogP contribution >= 0.6 is 0 Å². The Morgan fingerprint density at radius 1 is 0.889 bits per heavy atom. The molecule has 0 aliphatic carbocycles. The first-order valence-corrected chi connectivity index (χ1v) is 12.8. The highest BCUT2D eigenvalue weighted by molar-refractivity contribution is 7.92. The van der Waals surface area contributed by atoms with E-state index >= 15 is 0 Å². The number of anilines is 2. The standard InChI is InChI=1S/C28H24N4O3S/c1-31(24-13-3-2-4-14-24)36(34,35)25-15-8-11-22(19-25)28(33)30-27-17-18-29-32(27)20-23-12-7-10-21-9-5-6-16-26(21)23/h2-19H,20H2,1H3,(H,30,33). The van der Waals surface area contributed by atoms with Crippen LogP contribution in [-0.2, 0) is 16.6 Å². The van der Waals surface area contributed by atoms with Gasteiger partial charge < -0.3 is 5.32 Å². The SMILES string of the molecule is CN(c1ccccc1)S(=O)(=O)c1cccc(C(=O)Nc2ccnn2Cc2cccc3ccccc23)c1. The zero-order valence-electron chi connectivity index (χ0n) is 19.6. The van der Waals surface area contributed by atoms with Crippen LogP contribution in [0.3, 0.4) is 0 Å². The molecule has 0 atom stereocenters. The van der Waals surface area contributed by atoms with Gasteiger partial charge in [-0.25, -0.2) is 13.1 Å². The number of nitrogens with one attached hydrogen (secondary N) is 1. The van der Waals surface area contributed by atoms with Gasteiger partial charge in [-0.2, -0.15) is 5.10 Å². The van der Waals surface area contributed by atoms with E-state index in [4.69, 9.17) is 0 Å². The van der Waals surface area contributed by atoms with Crippen LogP contribution in [0.25, 0.3) is 10.8 Å². The van der Waals surface area contributed by atoms with Crippen molar-refractivity contribution in [3.63, 3.8) is 0 Å². The van der Waals surface area contributed by atoms with E-state index in [2.05, 4.69) is 28.6 Å². The summed E-state index contributed by atoms with van der Waals surface area (Å²) < 4.78 is 29.2. The van der Waals surface area contributed by atoms with Crippen molar-refractivity contribution in [3.05, 3.63) is 120 Å². The van der Waals surface area contributed by atoms with Gasteiger partial charge in [-0.15, -0.1) is 0 Å². The van der Waals surface area contributed by atoms with Crippen LogP contribution in [0.15, 0.2) is 114 Å². The van der Waals surface area contributed by atoms with Gasteiger partial charge in [0.1, 0.15) is 5.82 Å². The van der Waals surface area contributed by atoms with Crippen LogP contribution in [0, 0.1) is 0 Å². The number of aromatic nitrogens is 2. The first-order chi connectivity index (χ1) is 17.4. The zero-order chi connectivity index (χ0) is 25.1. The minimum atomic E-state index is -3.84. The van der Waals surface area contributed by atoms with Crippen molar-refractivity contribution < 1.29 is 13.2 Å². The van der Waals surface area contributed by atoms with Gasteiger partial charge in [0.05, 0.1) is 23.3 Å². The lowest BCUT2D eigenvalue weighted by molar-refractivity contribution is 0.102. The third-order valence-corrected chi connectivity index (χ3v) is 7.81. The largest absolute Gasteiger partial charge is 0.307 e. The molecular formula is C28H24N4O3S. The number of rotatable bonds is 7. The van der Waals surface area contributed by atoms with Crippen LogP contribution in [0.5, 0.6) is 0 Å². The quantitative estimate of drug-likeness (QED) is 0.337. The molecule has 0 aliphatic rings. The number of carbonyl (C=O) groups is 1. The predicted molar refractivity (Wildman–Crippen MR) is 142 cm³/mol. The van der Waals surface area contributed by atoms with Crippen LogP contribution in [0.4, 0.5) is 11.5 Å². The normalized spacial score (nSPS) is 11.4. The molecule has 180 valence electrons. The first-order valence-electron chi connectivity index (χ1n) is 11.4. The number of benzene rings is 4. The Morgan fingerprint density at radius 2 is 1.61 bits per heavy atom. The molecule has 36 heavy (non-hydrogen) atoms. The second-order valence-electron chi connectivity index (χ2n) is 8.30. The molecule has 5 aromatic rings. The van der Waals surface area contributed by atoms with Gasteiger partial charge in [0.15, 0.2) is 0 Å². The predicted octanol–water partition coefficient (Wildman–Crippen LogP) is 5.16. The van der Waals surface area contributed by atoms with Crippen LogP contribution in [0.1, 0.15) is 15.9 Å². The molecule has 7 nitrogen and oxygen atoms in total. The highest BCUT2D eigenvalue weighted by Gasteiger charge is 2.22. The maximum atomic E-state index is 13.2. The molecule has 0 aliphatic heterocycles. The van der Waals surface area contributed by atoms with E-state index in [9.17, 15) is 13.2 Å². The smallest absolute Gasteiger partial charge is 0.264 e. The number of nitrogens with zero attached hydrogens (tertiary/aromatic N) is 3. The highest BCUT2D eigenvalue weighted by atomic mass is 32.2. The molecule has 4 aromatic carbocycles. The van der Waals surface area contributed by atoms with Crippen molar-refractivity contribution in [1.29, 1.82) is 0 Å². The molecule has 1 amide bonds. The Labute approximate surface area is 209 Å². The van der Waals surface area contributed by atoms with Crippen molar-refractivity contribution >= 4 is 38.2 Å². The zero-order valence-corrected chi connectivity index (χ0v) is 20.4. The second kappa shape index (κ2) is 9.67. The van der Waals surface area contributed by atoms with E-state index in [0.29, 0.717) is 18.1 Å².